The van der Waals surface area contributed by atoms with Crippen LogP contribution < -0.4 is 4.90 Å². The summed E-state index contributed by atoms with van der Waals surface area (Å²) in [6.07, 6.45) is 6.09. The van der Waals surface area contributed by atoms with Crippen LogP contribution in [0.4, 0.5) is 5.69 Å². The summed E-state index contributed by atoms with van der Waals surface area (Å²) in [6, 6.07) is 11.9. The number of hydrogen-bond acceptors (Lipinski definition) is 4. The van der Waals surface area contributed by atoms with E-state index in [1.807, 2.05) is 67.5 Å². The predicted octanol–water partition coefficient (Wildman–Crippen LogP) is 3.14. The molecule has 0 aliphatic carbocycles. The first-order valence-electron chi connectivity index (χ1n) is 9.68. The molecule has 1 aliphatic heterocycles. The molecule has 0 saturated carbocycles. The first-order valence-corrected chi connectivity index (χ1v) is 9.68. The number of anilines is 1. The van der Waals surface area contributed by atoms with E-state index >= 15 is 0 Å². The summed E-state index contributed by atoms with van der Waals surface area (Å²) in [7, 11) is 0. The fraction of sp³-hybridized carbons (Fsp3) is 0.455. The number of amides is 1. The van der Waals surface area contributed by atoms with Crippen LogP contribution in [0.25, 0.3) is 0 Å². The van der Waals surface area contributed by atoms with Gasteiger partial charge in [-0.2, -0.15) is 0 Å². The third kappa shape index (κ3) is 5.54. The largest absolute Gasteiger partial charge is 0.390 e. The van der Waals surface area contributed by atoms with Crippen LogP contribution in [0.2, 0.25) is 0 Å². The van der Waals surface area contributed by atoms with Crippen molar-refractivity contribution in [3.8, 4) is 0 Å². The molecule has 1 aromatic carbocycles. The van der Waals surface area contributed by atoms with E-state index in [-0.39, 0.29) is 5.91 Å². The minimum Gasteiger partial charge on any atom is -0.390 e. The molecule has 0 bridgehead atoms. The SMILES string of the molecule is CC(C)(O)CCc1ccc(C(=O)N2CCCN(c3ccncc3)CC2)cc1. The van der Waals surface area contributed by atoms with E-state index in [9.17, 15) is 9.90 Å². The van der Waals surface area contributed by atoms with E-state index in [0.717, 1.165) is 55.8 Å². The van der Waals surface area contributed by atoms with Gasteiger partial charge in [0.2, 0.25) is 0 Å². The van der Waals surface area contributed by atoms with Crippen molar-refractivity contribution in [2.45, 2.75) is 38.7 Å². The molecule has 27 heavy (non-hydrogen) atoms. The van der Waals surface area contributed by atoms with Crippen LogP contribution in [0.1, 0.15) is 42.6 Å². The lowest BCUT2D eigenvalue weighted by Crippen LogP contribution is -2.35. The molecule has 2 heterocycles. The molecule has 1 fully saturated rings. The zero-order chi connectivity index (χ0) is 19.3. The molecule has 5 nitrogen and oxygen atoms in total. The van der Waals surface area contributed by atoms with Gasteiger partial charge in [-0.05, 0) is 62.9 Å². The minimum atomic E-state index is -0.665. The molecule has 2 aromatic rings. The summed E-state index contributed by atoms with van der Waals surface area (Å²) < 4.78 is 0. The second-order valence-corrected chi connectivity index (χ2v) is 7.85. The third-order valence-corrected chi connectivity index (χ3v) is 5.04. The second-order valence-electron chi connectivity index (χ2n) is 7.85. The van der Waals surface area contributed by atoms with Gasteiger partial charge in [-0.1, -0.05) is 12.1 Å². The summed E-state index contributed by atoms with van der Waals surface area (Å²) in [5, 5.41) is 9.85. The first kappa shape index (κ1) is 19.4. The number of carbonyl (C=O) groups is 1. The number of aromatic nitrogens is 1. The Morgan fingerprint density at radius 1 is 1.04 bits per heavy atom. The molecule has 1 saturated heterocycles. The summed E-state index contributed by atoms with van der Waals surface area (Å²) in [5.74, 6) is 0.0978. The van der Waals surface area contributed by atoms with Crippen LogP contribution in [0.15, 0.2) is 48.8 Å². The highest BCUT2D eigenvalue weighted by molar-refractivity contribution is 5.94. The van der Waals surface area contributed by atoms with Gasteiger partial charge in [-0.15, -0.1) is 0 Å². The molecule has 1 aliphatic rings. The first-order chi connectivity index (χ1) is 12.9. The number of hydrogen-bond donors (Lipinski definition) is 1. The molecule has 0 radical (unpaired) electrons. The van der Waals surface area contributed by atoms with Gasteiger partial charge < -0.3 is 14.9 Å². The topological polar surface area (TPSA) is 56.7 Å². The van der Waals surface area contributed by atoms with Gasteiger partial charge in [0, 0.05) is 49.8 Å². The molecule has 3 rings (SSSR count). The number of rotatable bonds is 5. The van der Waals surface area contributed by atoms with Gasteiger partial charge in [0.15, 0.2) is 0 Å². The van der Waals surface area contributed by atoms with Crippen LogP contribution >= 0.6 is 0 Å². The highest BCUT2D eigenvalue weighted by Gasteiger charge is 2.20. The van der Waals surface area contributed by atoms with E-state index in [1.165, 1.54) is 0 Å². The zero-order valence-electron chi connectivity index (χ0n) is 16.3. The van der Waals surface area contributed by atoms with Gasteiger partial charge in [-0.25, -0.2) is 0 Å². The Morgan fingerprint density at radius 3 is 2.41 bits per heavy atom. The number of benzene rings is 1. The maximum absolute atomic E-state index is 12.9. The highest BCUT2D eigenvalue weighted by atomic mass is 16.3. The Balaban J connectivity index is 1.59. The molecular weight excluding hydrogens is 338 g/mol. The molecule has 5 heteroatoms. The third-order valence-electron chi connectivity index (χ3n) is 5.04. The summed E-state index contributed by atoms with van der Waals surface area (Å²) in [5.41, 5.74) is 2.38. The number of pyridine rings is 1. The molecule has 1 N–H and O–H groups in total. The maximum Gasteiger partial charge on any atom is 0.253 e. The Labute approximate surface area is 161 Å². The van der Waals surface area contributed by atoms with Crippen LogP contribution in [-0.2, 0) is 6.42 Å². The average molecular weight is 367 g/mol. The van der Waals surface area contributed by atoms with E-state index < -0.39 is 5.60 Å². The lowest BCUT2D eigenvalue weighted by atomic mass is 9.98. The van der Waals surface area contributed by atoms with Gasteiger partial charge in [0.25, 0.3) is 5.91 Å². The standard InChI is InChI=1S/C22H29N3O2/c1-22(2,27)11-8-18-4-6-19(7-5-18)21(26)25-15-3-14-24(16-17-25)20-9-12-23-13-10-20/h4-7,9-10,12-13,27H,3,8,11,14-17H2,1-2H3. The number of aliphatic hydroxyl groups is 1. The van der Waals surface area contributed by atoms with Crippen molar-refractivity contribution in [1.29, 1.82) is 0 Å². The quantitative estimate of drug-likeness (QED) is 0.882. The van der Waals surface area contributed by atoms with Crippen LogP contribution in [0, 0.1) is 0 Å². The van der Waals surface area contributed by atoms with Crippen LogP contribution in [0.3, 0.4) is 0 Å². The van der Waals surface area contributed by atoms with Crippen molar-refractivity contribution in [3.05, 3.63) is 59.9 Å². The van der Waals surface area contributed by atoms with Gasteiger partial charge in [0.05, 0.1) is 5.60 Å². The molecule has 1 aromatic heterocycles. The van der Waals surface area contributed by atoms with E-state index in [2.05, 4.69) is 9.88 Å². The van der Waals surface area contributed by atoms with Gasteiger partial charge in [-0.3, -0.25) is 9.78 Å². The summed E-state index contributed by atoms with van der Waals surface area (Å²) in [4.78, 5) is 21.2. The zero-order valence-corrected chi connectivity index (χ0v) is 16.3. The monoisotopic (exact) mass is 367 g/mol. The average Bonchev–Trinajstić information content (AvgIpc) is 2.93. The molecule has 0 unspecified atom stereocenters. The molecule has 144 valence electrons. The smallest absolute Gasteiger partial charge is 0.253 e. The van der Waals surface area contributed by atoms with Crippen molar-refractivity contribution in [2.24, 2.45) is 0 Å². The molecule has 0 atom stereocenters. The highest BCUT2D eigenvalue weighted by Crippen LogP contribution is 2.18. The fourth-order valence-electron chi connectivity index (χ4n) is 3.38. The normalized spacial score (nSPS) is 15.5. The Hall–Kier alpha value is -2.40. The Bertz CT molecular complexity index is 738. The lowest BCUT2D eigenvalue weighted by molar-refractivity contribution is 0.0712. The second kappa shape index (κ2) is 8.53. The van der Waals surface area contributed by atoms with Gasteiger partial charge in [0.1, 0.15) is 0 Å². The summed E-state index contributed by atoms with van der Waals surface area (Å²) >= 11 is 0. The van der Waals surface area contributed by atoms with Crippen molar-refractivity contribution in [1.82, 2.24) is 9.88 Å². The predicted molar refractivity (Wildman–Crippen MR) is 108 cm³/mol. The minimum absolute atomic E-state index is 0.0978. The Kier molecular flexibility index (Phi) is 6.11. The fourth-order valence-corrected chi connectivity index (χ4v) is 3.38. The molecule has 0 spiro atoms. The van der Waals surface area contributed by atoms with E-state index in [0.29, 0.717) is 6.42 Å². The lowest BCUT2D eigenvalue weighted by Gasteiger charge is -2.23. The van der Waals surface area contributed by atoms with E-state index in [4.69, 9.17) is 0 Å². The number of carbonyl (C=O) groups excluding carboxylic acids is 1. The van der Waals surface area contributed by atoms with Crippen molar-refractivity contribution >= 4 is 11.6 Å². The molecular formula is C22H29N3O2. The summed E-state index contributed by atoms with van der Waals surface area (Å²) in [6.45, 7) is 6.92. The Morgan fingerprint density at radius 2 is 1.74 bits per heavy atom. The number of nitrogens with zero attached hydrogens (tertiary/aromatic N) is 3. The van der Waals surface area contributed by atoms with E-state index in [1.54, 1.807) is 0 Å². The van der Waals surface area contributed by atoms with Crippen LogP contribution in [-0.4, -0.2) is 52.7 Å². The van der Waals surface area contributed by atoms with Crippen molar-refractivity contribution < 1.29 is 9.90 Å². The molecule has 1 amide bonds. The van der Waals surface area contributed by atoms with Crippen molar-refractivity contribution in [3.63, 3.8) is 0 Å². The van der Waals surface area contributed by atoms with Gasteiger partial charge >= 0.3 is 0 Å². The number of aryl methyl sites for hydroxylation is 1. The van der Waals surface area contributed by atoms with Crippen LogP contribution in [0.5, 0.6) is 0 Å². The maximum atomic E-state index is 12.9. The van der Waals surface area contributed by atoms with Crippen molar-refractivity contribution in [2.75, 3.05) is 31.1 Å².